The first-order valence-corrected chi connectivity index (χ1v) is 3.64. The van der Waals surface area contributed by atoms with Gasteiger partial charge in [-0.1, -0.05) is 6.58 Å². The van der Waals surface area contributed by atoms with E-state index >= 15 is 0 Å². The van der Waals surface area contributed by atoms with Gasteiger partial charge in [-0.3, -0.25) is 0 Å². The van der Waals surface area contributed by atoms with E-state index in [4.69, 9.17) is 0 Å². The van der Waals surface area contributed by atoms with Gasteiger partial charge in [-0.05, 0) is 12.5 Å². The third-order valence-corrected chi connectivity index (χ3v) is 1.21. The molecule has 0 aromatic carbocycles. The first-order valence-electron chi connectivity index (χ1n) is 2.25. The molecule has 0 rings (SSSR count). The Balaban J connectivity index is 2.56. The van der Waals surface area contributed by atoms with Crippen LogP contribution in [0.4, 0.5) is 0 Å². The minimum absolute atomic E-state index is 1.03. The molecule has 1 N–H and O–H groups in total. The van der Waals surface area contributed by atoms with Gasteiger partial charge in [-0.25, -0.2) is 0 Å². The highest BCUT2D eigenvalue weighted by Crippen LogP contribution is 1.85. The maximum absolute atomic E-state index is 3.51. The molecule has 0 aromatic heterocycles. The average Bonchev–Trinajstić information content (AvgIpc) is 1.69. The van der Waals surface area contributed by atoms with Gasteiger partial charge in [0.1, 0.15) is 0 Å². The first kappa shape index (κ1) is 6.89. The molecule has 1 nitrogen and oxygen atoms in total. The molecule has 0 heterocycles. The zero-order chi connectivity index (χ0) is 5.54. The fourth-order valence-corrected chi connectivity index (χ4v) is 0.585. The zero-order valence-electron chi connectivity index (χ0n) is 4.61. The van der Waals surface area contributed by atoms with Crippen LogP contribution in [0.25, 0.3) is 0 Å². The maximum atomic E-state index is 3.51. The first-order chi connectivity index (χ1) is 3.41. The molecular weight excluding hydrogens is 106 g/mol. The van der Waals surface area contributed by atoms with Crippen LogP contribution in [0.3, 0.4) is 0 Å². The van der Waals surface area contributed by atoms with Crippen molar-refractivity contribution in [1.29, 1.82) is 0 Å². The van der Waals surface area contributed by atoms with Gasteiger partial charge < -0.3 is 5.32 Å². The molecule has 0 amide bonds. The second-order valence-electron chi connectivity index (χ2n) is 1.15. The summed E-state index contributed by atoms with van der Waals surface area (Å²) in [6, 6.07) is 0. The second kappa shape index (κ2) is 5.89. The van der Waals surface area contributed by atoms with Crippen molar-refractivity contribution in [3.63, 3.8) is 0 Å². The van der Waals surface area contributed by atoms with Crippen molar-refractivity contribution in [3.05, 3.63) is 12.8 Å². The van der Waals surface area contributed by atoms with Crippen molar-refractivity contribution in [2.24, 2.45) is 0 Å². The number of rotatable bonds is 4. The fourth-order valence-electron chi connectivity index (χ4n) is 0.263. The van der Waals surface area contributed by atoms with Gasteiger partial charge in [0.05, 0.1) is 0 Å². The molecule has 2 heteroatoms. The van der Waals surface area contributed by atoms with Gasteiger partial charge in [0.25, 0.3) is 0 Å². The van der Waals surface area contributed by atoms with E-state index in [1.807, 2.05) is 11.8 Å². The van der Waals surface area contributed by atoms with Crippen LogP contribution < -0.4 is 5.32 Å². The molecule has 0 fully saturated rings. The van der Waals surface area contributed by atoms with Crippen molar-refractivity contribution in [1.82, 2.24) is 5.32 Å². The molecule has 0 unspecified atom stereocenters. The Hall–Kier alpha value is -0.110. The van der Waals surface area contributed by atoms with Crippen molar-refractivity contribution in [2.75, 3.05) is 18.6 Å². The SMILES string of the molecule is C=CNCCSC. The van der Waals surface area contributed by atoms with E-state index in [1.165, 1.54) is 0 Å². The van der Waals surface area contributed by atoms with Crippen LogP contribution in [-0.2, 0) is 0 Å². The standard InChI is InChI=1S/C5H11NS/c1-3-6-4-5-7-2/h3,6H,1,4-5H2,2H3. The largest absolute Gasteiger partial charge is 0.391 e. The summed E-state index contributed by atoms with van der Waals surface area (Å²) in [5, 5.41) is 2.99. The van der Waals surface area contributed by atoms with E-state index in [0.29, 0.717) is 0 Å². The Morgan fingerprint density at radius 1 is 1.86 bits per heavy atom. The summed E-state index contributed by atoms with van der Waals surface area (Å²) >= 11 is 1.83. The maximum Gasteiger partial charge on any atom is 0.0232 e. The quantitative estimate of drug-likeness (QED) is 0.553. The van der Waals surface area contributed by atoms with Crippen molar-refractivity contribution in [2.45, 2.75) is 0 Å². The lowest BCUT2D eigenvalue weighted by Gasteiger charge is -1.93. The van der Waals surface area contributed by atoms with Gasteiger partial charge in [0.2, 0.25) is 0 Å². The lowest BCUT2D eigenvalue weighted by molar-refractivity contribution is 0.933. The molecule has 0 aliphatic carbocycles. The highest BCUT2D eigenvalue weighted by atomic mass is 32.2. The predicted octanol–water partition coefficient (Wildman–Crippen LogP) is 1.08. The summed E-state index contributed by atoms with van der Waals surface area (Å²) in [6.45, 7) is 4.54. The lowest BCUT2D eigenvalue weighted by atomic mass is 10.7. The Labute approximate surface area is 49.2 Å². The number of hydrogen-bond donors (Lipinski definition) is 1. The number of hydrogen-bond acceptors (Lipinski definition) is 2. The minimum Gasteiger partial charge on any atom is -0.391 e. The van der Waals surface area contributed by atoms with Gasteiger partial charge in [-0.2, -0.15) is 11.8 Å². The van der Waals surface area contributed by atoms with Crippen LogP contribution in [0.15, 0.2) is 12.8 Å². The fraction of sp³-hybridized carbons (Fsp3) is 0.600. The van der Waals surface area contributed by atoms with E-state index in [1.54, 1.807) is 6.20 Å². The van der Waals surface area contributed by atoms with Crippen LogP contribution in [0.5, 0.6) is 0 Å². The third-order valence-electron chi connectivity index (χ3n) is 0.595. The molecule has 0 saturated carbocycles. The molecule has 7 heavy (non-hydrogen) atoms. The molecular formula is C5H11NS. The van der Waals surface area contributed by atoms with E-state index < -0.39 is 0 Å². The molecule has 0 bridgehead atoms. The van der Waals surface area contributed by atoms with Crippen molar-refractivity contribution in [3.8, 4) is 0 Å². The Bertz CT molecular complexity index is 45.3. The minimum atomic E-state index is 1.03. The third kappa shape index (κ3) is 5.89. The van der Waals surface area contributed by atoms with E-state index in [-0.39, 0.29) is 0 Å². The molecule has 42 valence electrons. The van der Waals surface area contributed by atoms with Gasteiger partial charge in [0.15, 0.2) is 0 Å². The molecule has 0 atom stereocenters. The van der Waals surface area contributed by atoms with E-state index in [2.05, 4.69) is 18.2 Å². The summed E-state index contributed by atoms with van der Waals surface area (Å²) in [6.07, 6.45) is 3.81. The summed E-state index contributed by atoms with van der Waals surface area (Å²) in [5.74, 6) is 1.16. The summed E-state index contributed by atoms with van der Waals surface area (Å²) < 4.78 is 0. The van der Waals surface area contributed by atoms with Gasteiger partial charge >= 0.3 is 0 Å². The van der Waals surface area contributed by atoms with Crippen LogP contribution in [0, 0.1) is 0 Å². The van der Waals surface area contributed by atoms with Gasteiger partial charge in [-0.15, -0.1) is 0 Å². The van der Waals surface area contributed by atoms with Crippen LogP contribution in [0.2, 0.25) is 0 Å². The lowest BCUT2D eigenvalue weighted by Crippen LogP contribution is -2.07. The molecule has 0 spiro atoms. The normalized spacial score (nSPS) is 8.14. The van der Waals surface area contributed by atoms with Crippen molar-refractivity contribution < 1.29 is 0 Å². The molecule has 0 radical (unpaired) electrons. The number of nitrogens with one attached hydrogen (secondary N) is 1. The molecule has 0 aromatic rings. The Kier molecular flexibility index (Phi) is 5.80. The van der Waals surface area contributed by atoms with Crippen LogP contribution in [-0.4, -0.2) is 18.6 Å². The predicted molar refractivity (Wildman–Crippen MR) is 36.6 cm³/mol. The highest BCUT2D eigenvalue weighted by Gasteiger charge is 1.74. The Morgan fingerprint density at radius 2 is 2.57 bits per heavy atom. The average molecular weight is 117 g/mol. The summed E-state index contributed by atoms with van der Waals surface area (Å²) in [7, 11) is 0. The zero-order valence-corrected chi connectivity index (χ0v) is 5.42. The van der Waals surface area contributed by atoms with Crippen LogP contribution in [0.1, 0.15) is 0 Å². The second-order valence-corrected chi connectivity index (χ2v) is 2.14. The smallest absolute Gasteiger partial charge is 0.0232 e. The Morgan fingerprint density at radius 3 is 3.00 bits per heavy atom. The summed E-state index contributed by atoms with van der Waals surface area (Å²) in [5.41, 5.74) is 0. The molecule has 0 aliphatic rings. The van der Waals surface area contributed by atoms with Crippen LogP contribution >= 0.6 is 11.8 Å². The van der Waals surface area contributed by atoms with Crippen molar-refractivity contribution >= 4 is 11.8 Å². The van der Waals surface area contributed by atoms with E-state index in [0.717, 1.165) is 12.3 Å². The monoisotopic (exact) mass is 117 g/mol. The molecule has 0 aliphatic heterocycles. The molecule has 0 saturated heterocycles. The van der Waals surface area contributed by atoms with Gasteiger partial charge in [0, 0.05) is 12.3 Å². The number of thioether (sulfide) groups is 1. The summed E-state index contributed by atoms with van der Waals surface area (Å²) in [4.78, 5) is 0. The van der Waals surface area contributed by atoms with E-state index in [9.17, 15) is 0 Å². The topological polar surface area (TPSA) is 12.0 Å². The highest BCUT2D eigenvalue weighted by molar-refractivity contribution is 7.98.